The number of rotatable bonds is 5. The van der Waals surface area contributed by atoms with E-state index in [4.69, 9.17) is 27.9 Å². The van der Waals surface area contributed by atoms with Crippen LogP contribution in [0.5, 0.6) is 0 Å². The van der Waals surface area contributed by atoms with Crippen LogP contribution in [0.1, 0.15) is 38.3 Å². The topological polar surface area (TPSA) is 60.2 Å². The molecular weight excluding hydrogens is 466 g/mol. The molecule has 1 aliphatic heterocycles. The normalized spacial score (nSPS) is 23.8. The van der Waals surface area contributed by atoms with Crippen LogP contribution in [0.15, 0.2) is 30.3 Å². The lowest BCUT2D eigenvalue weighted by molar-refractivity contribution is -0.162. The van der Waals surface area contributed by atoms with Gasteiger partial charge in [-0.05, 0) is 68.4 Å². The zero-order valence-electron chi connectivity index (χ0n) is 18.7. The van der Waals surface area contributed by atoms with E-state index in [1.807, 2.05) is 24.8 Å². The first-order valence-electron chi connectivity index (χ1n) is 11.0. The number of fused-ring (bicyclic) bond motifs is 1. The third kappa shape index (κ3) is 3.66. The summed E-state index contributed by atoms with van der Waals surface area (Å²) in [5.74, 6) is 0.451. The number of benzene rings is 2. The van der Waals surface area contributed by atoms with Crippen LogP contribution >= 0.6 is 23.2 Å². The Hall–Kier alpha value is -2.38. The van der Waals surface area contributed by atoms with Gasteiger partial charge in [0, 0.05) is 23.1 Å². The molecule has 1 aromatic heterocycles. The molecule has 0 spiro atoms. The smallest absolute Gasteiger partial charge is 0.311 e. The van der Waals surface area contributed by atoms with E-state index in [-0.39, 0.29) is 23.2 Å². The van der Waals surface area contributed by atoms with E-state index < -0.39 is 0 Å². The number of carbonyl (C=O) groups excluding carboxylic acids is 1. The summed E-state index contributed by atoms with van der Waals surface area (Å²) in [6, 6.07) is 8.50. The van der Waals surface area contributed by atoms with Crippen LogP contribution in [0, 0.1) is 23.1 Å². The third-order valence-electron chi connectivity index (χ3n) is 7.35. The SMILES string of the molecule is COC(=O)C1(C)CC(C2CN(c3ccc4nnn([C@H](C)c5ccc(Cl)cc5Cl)c4c3F)C2)C1. The summed E-state index contributed by atoms with van der Waals surface area (Å²) in [6.45, 7) is 5.40. The number of methoxy groups -OCH3 is 1. The van der Waals surface area contributed by atoms with Gasteiger partial charge in [-0.15, -0.1) is 5.10 Å². The highest BCUT2D eigenvalue weighted by molar-refractivity contribution is 6.35. The fourth-order valence-corrected chi connectivity index (χ4v) is 5.89. The van der Waals surface area contributed by atoms with Gasteiger partial charge in [-0.3, -0.25) is 4.79 Å². The van der Waals surface area contributed by atoms with Crippen molar-refractivity contribution in [3.63, 3.8) is 0 Å². The number of aromatic nitrogens is 3. The molecule has 3 aromatic rings. The molecule has 174 valence electrons. The lowest BCUT2D eigenvalue weighted by Gasteiger charge is -2.53. The Morgan fingerprint density at radius 3 is 2.61 bits per heavy atom. The second-order valence-electron chi connectivity index (χ2n) is 9.53. The highest BCUT2D eigenvalue weighted by Gasteiger charge is 2.52. The van der Waals surface area contributed by atoms with Gasteiger partial charge in [0.1, 0.15) is 11.0 Å². The van der Waals surface area contributed by atoms with Crippen molar-refractivity contribution >= 4 is 45.9 Å². The maximum atomic E-state index is 15.7. The van der Waals surface area contributed by atoms with E-state index in [0.29, 0.717) is 38.6 Å². The summed E-state index contributed by atoms with van der Waals surface area (Å²) in [5, 5.41) is 9.42. The molecular formula is C24H25Cl2FN4O2. The largest absolute Gasteiger partial charge is 0.469 e. The van der Waals surface area contributed by atoms with Gasteiger partial charge >= 0.3 is 5.97 Å². The van der Waals surface area contributed by atoms with Gasteiger partial charge in [-0.25, -0.2) is 9.07 Å². The van der Waals surface area contributed by atoms with Gasteiger partial charge in [0.2, 0.25) is 0 Å². The second-order valence-corrected chi connectivity index (χ2v) is 10.4. The number of esters is 1. The highest BCUT2D eigenvalue weighted by Crippen LogP contribution is 2.52. The number of nitrogens with zero attached hydrogens (tertiary/aromatic N) is 4. The second kappa shape index (κ2) is 8.13. The zero-order chi connectivity index (χ0) is 23.5. The number of halogens is 3. The molecule has 0 amide bonds. The molecule has 1 aliphatic carbocycles. The summed E-state index contributed by atoms with van der Waals surface area (Å²) in [6.07, 6.45) is 1.66. The van der Waals surface area contributed by atoms with Crippen molar-refractivity contribution in [3.8, 4) is 0 Å². The monoisotopic (exact) mass is 490 g/mol. The van der Waals surface area contributed by atoms with E-state index in [2.05, 4.69) is 10.3 Å². The minimum absolute atomic E-state index is 0.137. The minimum atomic E-state index is -0.374. The van der Waals surface area contributed by atoms with Gasteiger partial charge in [-0.2, -0.15) is 0 Å². The predicted molar refractivity (Wildman–Crippen MR) is 126 cm³/mol. The number of carbonyl (C=O) groups is 1. The molecule has 6 nitrogen and oxygen atoms in total. The maximum Gasteiger partial charge on any atom is 0.311 e. The Bertz CT molecular complexity index is 1230. The molecule has 0 unspecified atom stereocenters. The molecule has 0 bridgehead atoms. The number of anilines is 1. The van der Waals surface area contributed by atoms with Crippen LogP contribution in [0.25, 0.3) is 11.0 Å². The van der Waals surface area contributed by atoms with Crippen LogP contribution in [0.3, 0.4) is 0 Å². The lowest BCUT2D eigenvalue weighted by Crippen LogP contribution is -2.56. The van der Waals surface area contributed by atoms with Gasteiger partial charge in [-0.1, -0.05) is 34.5 Å². The molecule has 33 heavy (non-hydrogen) atoms. The van der Waals surface area contributed by atoms with Crippen molar-refractivity contribution in [3.05, 3.63) is 51.8 Å². The molecule has 2 aromatic carbocycles. The van der Waals surface area contributed by atoms with E-state index in [0.717, 1.165) is 31.5 Å². The van der Waals surface area contributed by atoms with E-state index in [1.165, 1.54) is 7.11 Å². The van der Waals surface area contributed by atoms with Crippen molar-refractivity contribution in [2.24, 2.45) is 17.3 Å². The van der Waals surface area contributed by atoms with Crippen molar-refractivity contribution < 1.29 is 13.9 Å². The fraction of sp³-hybridized carbons (Fsp3) is 0.458. The quantitative estimate of drug-likeness (QED) is 0.441. The van der Waals surface area contributed by atoms with Gasteiger partial charge in [0.05, 0.1) is 24.3 Å². The Kier molecular flexibility index (Phi) is 5.52. The fourth-order valence-electron chi connectivity index (χ4n) is 5.32. The van der Waals surface area contributed by atoms with E-state index >= 15 is 4.39 Å². The Morgan fingerprint density at radius 1 is 1.21 bits per heavy atom. The van der Waals surface area contributed by atoms with Crippen LogP contribution in [-0.4, -0.2) is 41.2 Å². The average Bonchev–Trinajstić information content (AvgIpc) is 3.16. The van der Waals surface area contributed by atoms with Crippen LogP contribution in [0.2, 0.25) is 10.0 Å². The summed E-state index contributed by atoms with van der Waals surface area (Å²) >= 11 is 12.4. The van der Waals surface area contributed by atoms with Crippen molar-refractivity contribution in [2.45, 2.75) is 32.7 Å². The number of hydrogen-bond donors (Lipinski definition) is 0. The molecule has 5 rings (SSSR count). The zero-order valence-corrected chi connectivity index (χ0v) is 20.2. The summed E-state index contributed by atoms with van der Waals surface area (Å²) in [7, 11) is 1.44. The Morgan fingerprint density at radius 2 is 1.94 bits per heavy atom. The molecule has 2 heterocycles. The molecule has 1 saturated heterocycles. The predicted octanol–water partition coefficient (Wildman–Crippen LogP) is 5.51. The van der Waals surface area contributed by atoms with E-state index in [9.17, 15) is 4.79 Å². The first kappa shape index (κ1) is 22.4. The molecule has 0 radical (unpaired) electrons. The number of hydrogen-bond acceptors (Lipinski definition) is 5. The van der Waals surface area contributed by atoms with Crippen molar-refractivity contribution in [2.75, 3.05) is 25.1 Å². The minimum Gasteiger partial charge on any atom is -0.469 e. The molecule has 9 heteroatoms. The molecule has 1 saturated carbocycles. The standard InChI is InChI=1S/C24H25Cl2FN4O2/c1-13(17-5-4-16(25)8-18(17)26)31-22-19(28-29-31)6-7-20(21(22)27)30-11-15(12-30)14-9-24(2,10-14)23(32)33-3/h4-8,13-15H,9-12H2,1-3H3/t13-,14?,24?/m1/s1. The Balaban J connectivity index is 1.35. The first-order chi connectivity index (χ1) is 15.7. The van der Waals surface area contributed by atoms with Crippen LogP contribution < -0.4 is 4.90 Å². The first-order valence-corrected chi connectivity index (χ1v) is 11.8. The van der Waals surface area contributed by atoms with Gasteiger partial charge in [0.15, 0.2) is 5.82 Å². The van der Waals surface area contributed by atoms with Crippen molar-refractivity contribution in [1.29, 1.82) is 0 Å². The third-order valence-corrected chi connectivity index (χ3v) is 7.92. The highest BCUT2D eigenvalue weighted by atomic mass is 35.5. The molecule has 0 N–H and O–H groups in total. The number of ether oxygens (including phenoxy) is 1. The van der Waals surface area contributed by atoms with Crippen molar-refractivity contribution in [1.82, 2.24) is 15.0 Å². The molecule has 2 fully saturated rings. The Labute approximate surface area is 201 Å². The van der Waals surface area contributed by atoms with Crippen LogP contribution in [-0.2, 0) is 9.53 Å². The van der Waals surface area contributed by atoms with Crippen LogP contribution in [0.4, 0.5) is 10.1 Å². The van der Waals surface area contributed by atoms with Gasteiger partial charge < -0.3 is 9.64 Å². The lowest BCUT2D eigenvalue weighted by atomic mass is 9.58. The molecule has 2 aliphatic rings. The summed E-state index contributed by atoms with van der Waals surface area (Å²) in [5.41, 5.74) is 1.82. The molecule has 1 atom stereocenters. The maximum absolute atomic E-state index is 15.7. The van der Waals surface area contributed by atoms with E-state index in [1.54, 1.807) is 28.9 Å². The summed E-state index contributed by atoms with van der Waals surface area (Å²) < 4.78 is 22.2. The van der Waals surface area contributed by atoms with Gasteiger partial charge in [0.25, 0.3) is 0 Å². The summed E-state index contributed by atoms with van der Waals surface area (Å²) in [4.78, 5) is 14.0. The average molecular weight is 491 g/mol.